The number of aryl methyl sites for hydroxylation is 1. The Bertz CT molecular complexity index is 1000. The number of nitrogens with zero attached hydrogens (tertiary/aromatic N) is 4. The van der Waals surface area contributed by atoms with E-state index in [1.807, 2.05) is 17.9 Å². The summed E-state index contributed by atoms with van der Waals surface area (Å²) in [7, 11) is 0. The van der Waals surface area contributed by atoms with Gasteiger partial charge in [-0.25, -0.2) is 14.4 Å². The molecule has 2 heterocycles. The summed E-state index contributed by atoms with van der Waals surface area (Å²) in [5, 5.41) is 13.4. The maximum absolute atomic E-state index is 15.4. The van der Waals surface area contributed by atoms with Crippen molar-refractivity contribution in [2.24, 2.45) is 11.7 Å². The number of aliphatic hydroxyl groups excluding tert-OH is 1. The first-order valence-electron chi connectivity index (χ1n) is 11.3. The molecule has 1 aromatic carbocycles. The molecule has 33 heavy (non-hydrogen) atoms. The van der Waals surface area contributed by atoms with Crippen LogP contribution in [0.5, 0.6) is 0 Å². The van der Waals surface area contributed by atoms with Crippen LogP contribution in [0.25, 0.3) is 0 Å². The van der Waals surface area contributed by atoms with Crippen molar-refractivity contribution in [3.8, 4) is 0 Å². The molecule has 1 saturated carbocycles. The van der Waals surface area contributed by atoms with Crippen molar-refractivity contribution < 1.29 is 18.7 Å². The summed E-state index contributed by atoms with van der Waals surface area (Å²) < 4.78 is 29.8. The number of aliphatic hydroxyl groups is 1. The predicted octanol–water partition coefficient (Wildman–Crippen LogP) is 1.81. The number of aromatic nitrogens is 2. The Hall–Kier alpha value is -2.85. The molecule has 1 aliphatic heterocycles. The van der Waals surface area contributed by atoms with Gasteiger partial charge in [0.25, 0.3) is 0 Å². The quantitative estimate of drug-likeness (QED) is 0.524. The summed E-state index contributed by atoms with van der Waals surface area (Å²) in [6, 6.07) is 5.15. The van der Waals surface area contributed by atoms with Gasteiger partial charge in [0, 0.05) is 37.2 Å². The average Bonchev–Trinajstić information content (AvgIpc) is 3.59. The second-order valence-electron chi connectivity index (χ2n) is 9.01. The van der Waals surface area contributed by atoms with Crippen LogP contribution in [0.2, 0.25) is 0 Å². The number of nitrogens with one attached hydrogen (secondary N) is 1. The van der Waals surface area contributed by atoms with Crippen LogP contribution in [0.15, 0.2) is 24.5 Å². The molecule has 0 radical (unpaired) electrons. The topological polar surface area (TPSA) is 108 Å². The minimum absolute atomic E-state index is 0.0572. The van der Waals surface area contributed by atoms with Crippen LogP contribution in [0.3, 0.4) is 0 Å². The van der Waals surface area contributed by atoms with E-state index in [1.165, 1.54) is 12.4 Å². The number of rotatable bonds is 9. The lowest BCUT2D eigenvalue weighted by atomic mass is 9.93. The van der Waals surface area contributed by atoms with Gasteiger partial charge < -0.3 is 21.1 Å². The lowest BCUT2D eigenvalue weighted by molar-refractivity contribution is -0.120. The molecule has 0 spiro atoms. The molecular formula is C23H30F2N6O2. The molecule has 2 aromatic rings. The van der Waals surface area contributed by atoms with E-state index < -0.39 is 17.8 Å². The normalized spacial score (nSPS) is 21.1. The van der Waals surface area contributed by atoms with Crippen molar-refractivity contribution in [1.29, 1.82) is 0 Å². The van der Waals surface area contributed by atoms with Crippen LogP contribution in [0, 0.1) is 24.5 Å². The Balaban J connectivity index is 1.44. The van der Waals surface area contributed by atoms with Gasteiger partial charge in [0.15, 0.2) is 11.6 Å². The van der Waals surface area contributed by atoms with E-state index in [1.54, 1.807) is 11.0 Å². The monoisotopic (exact) mass is 460 g/mol. The summed E-state index contributed by atoms with van der Waals surface area (Å²) in [6.07, 6.45) is 3.07. The van der Waals surface area contributed by atoms with E-state index in [0.717, 1.165) is 18.4 Å². The third-order valence-corrected chi connectivity index (χ3v) is 6.30. The fourth-order valence-electron chi connectivity index (χ4n) is 4.29. The molecule has 2 atom stereocenters. The maximum atomic E-state index is 15.4. The molecule has 1 aromatic heterocycles. The molecule has 2 aliphatic rings. The molecule has 1 amide bonds. The summed E-state index contributed by atoms with van der Waals surface area (Å²) in [5.74, 6) is -1.25. The Kier molecular flexibility index (Phi) is 7.04. The molecule has 1 saturated heterocycles. The number of primary amides is 1. The van der Waals surface area contributed by atoms with Crippen LogP contribution in [-0.4, -0.2) is 64.2 Å². The molecule has 4 N–H and O–H groups in total. The van der Waals surface area contributed by atoms with E-state index in [2.05, 4.69) is 15.3 Å². The van der Waals surface area contributed by atoms with Gasteiger partial charge in [-0.15, -0.1) is 0 Å². The number of hydrogen-bond acceptors (Lipinski definition) is 7. The number of halogens is 2. The van der Waals surface area contributed by atoms with Crippen LogP contribution < -0.4 is 16.0 Å². The van der Waals surface area contributed by atoms with Crippen LogP contribution in [0.1, 0.15) is 30.4 Å². The van der Waals surface area contributed by atoms with E-state index >= 15 is 4.39 Å². The highest BCUT2D eigenvalue weighted by molar-refractivity contribution is 5.75. The fourth-order valence-corrected chi connectivity index (χ4v) is 4.29. The molecule has 178 valence electrons. The molecular weight excluding hydrogens is 430 g/mol. The third kappa shape index (κ3) is 5.75. The van der Waals surface area contributed by atoms with Gasteiger partial charge in [0.2, 0.25) is 11.7 Å². The van der Waals surface area contributed by atoms with Crippen LogP contribution in [-0.2, 0) is 11.3 Å². The van der Waals surface area contributed by atoms with Gasteiger partial charge >= 0.3 is 0 Å². The molecule has 10 heteroatoms. The predicted molar refractivity (Wildman–Crippen MR) is 121 cm³/mol. The number of benzene rings is 1. The molecule has 2 fully saturated rings. The number of likely N-dealkylation sites (tertiary alicyclic amines) is 1. The highest BCUT2D eigenvalue weighted by atomic mass is 19.1. The number of nitrogens with two attached hydrogens (primary N) is 1. The number of carbonyl (C=O) groups excluding carboxylic acids is 1. The largest absolute Gasteiger partial charge is 0.391 e. The van der Waals surface area contributed by atoms with Crippen molar-refractivity contribution >= 4 is 17.5 Å². The second-order valence-corrected chi connectivity index (χ2v) is 9.01. The first-order valence-corrected chi connectivity index (χ1v) is 11.3. The van der Waals surface area contributed by atoms with Gasteiger partial charge in [0.05, 0.1) is 12.6 Å². The number of anilines is 2. The SMILES string of the molecule is Cc1ccc(CN(c2ncnc(NC[C@H]3CCN(CC(N)=O)C[C@@H]3O)c2F)C2CC2)c(F)c1. The zero-order valence-electron chi connectivity index (χ0n) is 18.7. The first kappa shape index (κ1) is 23.3. The number of hydrogen-bond donors (Lipinski definition) is 3. The molecule has 1 aliphatic carbocycles. The zero-order valence-corrected chi connectivity index (χ0v) is 18.7. The van der Waals surface area contributed by atoms with Crippen molar-refractivity contribution in [3.63, 3.8) is 0 Å². The number of carbonyl (C=O) groups is 1. The van der Waals surface area contributed by atoms with E-state index in [-0.39, 0.29) is 42.5 Å². The first-order chi connectivity index (χ1) is 15.8. The van der Waals surface area contributed by atoms with Gasteiger partial charge in [0.1, 0.15) is 12.1 Å². The van der Waals surface area contributed by atoms with Crippen molar-refractivity contribution in [1.82, 2.24) is 14.9 Å². The molecule has 0 bridgehead atoms. The Morgan fingerprint density at radius 3 is 2.76 bits per heavy atom. The van der Waals surface area contributed by atoms with Crippen molar-refractivity contribution in [3.05, 3.63) is 47.3 Å². The molecule has 0 unspecified atom stereocenters. The zero-order chi connectivity index (χ0) is 23.5. The minimum Gasteiger partial charge on any atom is -0.391 e. The Morgan fingerprint density at radius 1 is 1.30 bits per heavy atom. The van der Waals surface area contributed by atoms with Crippen LogP contribution in [0.4, 0.5) is 20.4 Å². The van der Waals surface area contributed by atoms with Gasteiger partial charge in [-0.2, -0.15) is 4.39 Å². The lowest BCUT2D eigenvalue weighted by Gasteiger charge is -2.35. The number of piperidine rings is 1. The average molecular weight is 461 g/mol. The van der Waals surface area contributed by atoms with Gasteiger partial charge in [-0.1, -0.05) is 12.1 Å². The molecule has 4 rings (SSSR count). The summed E-state index contributed by atoms with van der Waals surface area (Å²) >= 11 is 0. The van der Waals surface area contributed by atoms with E-state index in [4.69, 9.17) is 5.73 Å². The maximum Gasteiger partial charge on any atom is 0.231 e. The summed E-state index contributed by atoms with van der Waals surface area (Å²) in [6.45, 7) is 3.45. The summed E-state index contributed by atoms with van der Waals surface area (Å²) in [5.41, 5.74) is 6.55. The fraction of sp³-hybridized carbons (Fsp3) is 0.522. The van der Waals surface area contributed by atoms with Crippen molar-refractivity contribution in [2.75, 3.05) is 36.4 Å². The smallest absolute Gasteiger partial charge is 0.231 e. The Morgan fingerprint density at radius 2 is 2.09 bits per heavy atom. The van der Waals surface area contributed by atoms with Gasteiger partial charge in [-0.3, -0.25) is 9.69 Å². The standard InChI is InChI=1S/C23H30F2N6O2/c1-14-2-3-16(18(24)8-14)10-31(17-4-5-17)23-21(25)22(28-13-29-23)27-9-15-6-7-30(11-19(15)32)12-20(26)33/h2-3,8,13,15,17,19,32H,4-7,9-12H2,1H3,(H2,26,33)(H,27,28,29)/t15-,19+/m1/s1. The van der Waals surface area contributed by atoms with Gasteiger partial charge in [-0.05, 0) is 44.4 Å². The molecule has 8 nitrogen and oxygen atoms in total. The number of β-amino-alcohol motifs (C(OH)–C–C–N with tert-alkyl or cyclic N) is 1. The van der Waals surface area contributed by atoms with Crippen molar-refractivity contribution in [2.45, 2.75) is 44.9 Å². The number of amides is 1. The summed E-state index contributed by atoms with van der Waals surface area (Å²) in [4.78, 5) is 22.9. The highest BCUT2D eigenvalue weighted by Crippen LogP contribution is 2.35. The van der Waals surface area contributed by atoms with E-state index in [0.29, 0.717) is 31.6 Å². The lowest BCUT2D eigenvalue weighted by Crippen LogP contribution is -2.48. The van der Waals surface area contributed by atoms with E-state index in [9.17, 15) is 14.3 Å². The minimum atomic E-state index is -0.664. The second kappa shape index (κ2) is 9.96. The Labute approximate surface area is 191 Å². The third-order valence-electron chi connectivity index (χ3n) is 6.30. The highest BCUT2D eigenvalue weighted by Gasteiger charge is 2.33. The van der Waals surface area contributed by atoms with Crippen LogP contribution >= 0.6 is 0 Å².